The molecule has 0 saturated carbocycles. The van der Waals surface area contributed by atoms with Gasteiger partial charge in [0.2, 0.25) is 5.95 Å². The monoisotopic (exact) mass is 311 g/mol. The van der Waals surface area contributed by atoms with E-state index in [1.807, 2.05) is 0 Å². The largest absolute Gasteiger partial charge is 0.337 e. The molecule has 5 nitrogen and oxygen atoms in total. The van der Waals surface area contributed by atoms with Crippen LogP contribution in [0.5, 0.6) is 0 Å². The molecule has 1 aromatic carbocycles. The highest BCUT2D eigenvalue weighted by molar-refractivity contribution is 7.16. The number of hydrazine groups is 1. The molecule has 0 saturated heterocycles. The van der Waals surface area contributed by atoms with E-state index in [1.165, 1.54) is 11.3 Å². The number of nitrogen functional groups attached to an aromatic ring is 1. The third kappa shape index (κ3) is 2.48. The third-order valence-corrected chi connectivity index (χ3v) is 3.52. The van der Waals surface area contributed by atoms with Gasteiger partial charge < -0.3 is 5.32 Å². The minimum Gasteiger partial charge on any atom is -0.337 e. The van der Waals surface area contributed by atoms with Crippen molar-refractivity contribution >= 4 is 39.0 Å². The topological polar surface area (TPSA) is 75.9 Å². The fraction of sp³-hybridized carbons (Fsp3) is 0. The molecule has 3 aromatic rings. The number of rotatable bonds is 3. The maximum absolute atomic E-state index is 13.7. The highest BCUT2D eigenvalue weighted by atomic mass is 32.1. The maximum Gasteiger partial charge on any atom is 0.240 e. The minimum atomic E-state index is -1.26. The predicted molar refractivity (Wildman–Crippen MR) is 74.8 cm³/mol. The van der Waals surface area contributed by atoms with Crippen LogP contribution in [0.25, 0.3) is 10.2 Å². The lowest BCUT2D eigenvalue weighted by Gasteiger charge is -2.09. The zero-order valence-corrected chi connectivity index (χ0v) is 11.1. The van der Waals surface area contributed by atoms with E-state index >= 15 is 0 Å². The molecule has 0 unspecified atom stereocenters. The summed E-state index contributed by atoms with van der Waals surface area (Å²) in [5.41, 5.74) is 2.05. The maximum atomic E-state index is 13.7. The summed E-state index contributed by atoms with van der Waals surface area (Å²) >= 11 is 1.34. The van der Waals surface area contributed by atoms with Crippen molar-refractivity contribution in [1.82, 2.24) is 9.97 Å². The van der Waals surface area contributed by atoms with Crippen LogP contribution < -0.4 is 16.6 Å². The lowest BCUT2D eigenvalue weighted by molar-refractivity contribution is 0.496. The zero-order valence-electron chi connectivity index (χ0n) is 10.3. The molecule has 0 fully saturated rings. The molecule has 0 atom stereocenters. The van der Waals surface area contributed by atoms with Gasteiger partial charge in [0.25, 0.3) is 0 Å². The van der Waals surface area contributed by atoms with Crippen LogP contribution in [0.4, 0.5) is 30.6 Å². The zero-order chi connectivity index (χ0) is 15.0. The Hall–Kier alpha value is -2.39. The van der Waals surface area contributed by atoms with Gasteiger partial charge in [-0.25, -0.2) is 24.0 Å². The summed E-state index contributed by atoms with van der Waals surface area (Å²) in [6, 6.07) is 2.91. The van der Waals surface area contributed by atoms with E-state index in [-0.39, 0.29) is 17.5 Å². The Labute approximate surface area is 120 Å². The highest BCUT2D eigenvalue weighted by Crippen LogP contribution is 2.30. The number of nitrogens with zero attached hydrogens (tertiary/aromatic N) is 2. The average Bonchev–Trinajstić information content (AvgIpc) is 2.93. The smallest absolute Gasteiger partial charge is 0.240 e. The second-order valence-corrected chi connectivity index (χ2v) is 4.95. The number of hydrogen-bond acceptors (Lipinski definition) is 6. The summed E-state index contributed by atoms with van der Waals surface area (Å²) < 4.78 is 39.8. The Morgan fingerprint density at radius 2 is 1.81 bits per heavy atom. The Morgan fingerprint density at radius 1 is 1.05 bits per heavy atom. The fourth-order valence-corrected chi connectivity index (χ4v) is 2.53. The Bertz CT molecular complexity index is 820. The molecule has 0 bridgehead atoms. The van der Waals surface area contributed by atoms with Gasteiger partial charge in [-0.1, -0.05) is 0 Å². The molecule has 0 aliphatic rings. The van der Waals surface area contributed by atoms with Crippen LogP contribution in [-0.2, 0) is 0 Å². The molecule has 0 aliphatic heterocycles. The molecule has 0 radical (unpaired) electrons. The number of benzene rings is 1. The van der Waals surface area contributed by atoms with Crippen molar-refractivity contribution in [3.8, 4) is 0 Å². The normalized spacial score (nSPS) is 10.9. The van der Waals surface area contributed by atoms with Gasteiger partial charge in [-0.05, 0) is 11.4 Å². The number of anilines is 3. The molecule has 0 spiro atoms. The van der Waals surface area contributed by atoms with Crippen molar-refractivity contribution in [3.63, 3.8) is 0 Å². The first-order valence-corrected chi connectivity index (χ1v) is 6.60. The number of hydrogen-bond donors (Lipinski definition) is 3. The summed E-state index contributed by atoms with van der Waals surface area (Å²) in [4.78, 5) is 8.77. The number of nitrogens with one attached hydrogen (secondary N) is 2. The van der Waals surface area contributed by atoms with Gasteiger partial charge in [-0.15, -0.1) is 11.3 Å². The number of thiophene rings is 1. The lowest BCUT2D eigenvalue weighted by Crippen LogP contribution is -2.11. The van der Waals surface area contributed by atoms with Gasteiger partial charge in [0.1, 0.15) is 16.5 Å². The molecule has 108 valence electrons. The second kappa shape index (κ2) is 5.19. The first-order chi connectivity index (χ1) is 10.1. The molecule has 2 heterocycles. The van der Waals surface area contributed by atoms with Crippen molar-refractivity contribution in [3.05, 3.63) is 41.0 Å². The van der Waals surface area contributed by atoms with Gasteiger partial charge in [0, 0.05) is 12.1 Å². The van der Waals surface area contributed by atoms with Gasteiger partial charge in [-0.2, -0.15) is 4.98 Å². The van der Waals surface area contributed by atoms with Crippen LogP contribution in [0.1, 0.15) is 0 Å². The molecular weight excluding hydrogens is 303 g/mol. The average molecular weight is 311 g/mol. The van der Waals surface area contributed by atoms with Crippen LogP contribution in [0, 0.1) is 17.5 Å². The van der Waals surface area contributed by atoms with Crippen molar-refractivity contribution in [1.29, 1.82) is 0 Å². The Balaban J connectivity index is 2.09. The molecule has 4 N–H and O–H groups in total. The minimum absolute atomic E-state index is 0.121. The van der Waals surface area contributed by atoms with Gasteiger partial charge in [0.05, 0.1) is 11.1 Å². The van der Waals surface area contributed by atoms with Crippen molar-refractivity contribution in [2.24, 2.45) is 5.84 Å². The molecule has 0 aliphatic carbocycles. The van der Waals surface area contributed by atoms with Crippen LogP contribution in [0.15, 0.2) is 23.6 Å². The fourth-order valence-electron chi connectivity index (χ4n) is 1.76. The van der Waals surface area contributed by atoms with E-state index in [4.69, 9.17) is 5.84 Å². The van der Waals surface area contributed by atoms with Crippen LogP contribution in [-0.4, -0.2) is 9.97 Å². The number of halogens is 3. The number of aromatic nitrogens is 2. The first kappa shape index (κ1) is 13.6. The molecule has 2 aromatic heterocycles. The number of fused-ring (bicyclic) bond motifs is 1. The Morgan fingerprint density at radius 3 is 2.57 bits per heavy atom. The summed E-state index contributed by atoms with van der Waals surface area (Å²) in [5, 5.41) is 5.01. The summed E-state index contributed by atoms with van der Waals surface area (Å²) in [7, 11) is 0. The molecular formula is C12H8F3N5S. The van der Waals surface area contributed by atoms with E-state index in [0.717, 1.165) is 6.07 Å². The lowest BCUT2D eigenvalue weighted by atomic mass is 10.2. The Kier molecular flexibility index (Phi) is 3.35. The summed E-state index contributed by atoms with van der Waals surface area (Å²) in [5.74, 6) is 2.27. The molecule has 9 heteroatoms. The van der Waals surface area contributed by atoms with Gasteiger partial charge >= 0.3 is 0 Å². The number of nitrogens with two attached hydrogens (primary N) is 1. The summed E-state index contributed by atoms with van der Waals surface area (Å²) in [6.45, 7) is 0. The van der Waals surface area contributed by atoms with E-state index in [9.17, 15) is 13.2 Å². The van der Waals surface area contributed by atoms with Crippen molar-refractivity contribution in [2.45, 2.75) is 0 Å². The van der Waals surface area contributed by atoms with Gasteiger partial charge in [-0.3, -0.25) is 5.43 Å². The highest BCUT2D eigenvalue weighted by Gasteiger charge is 2.13. The standard InChI is InChI=1S/C12H8F3N5S/c13-6-3-8(15)9(4-7(6)14)17-10-5-1-2-21-11(5)19-12(18-10)20-16/h1-4H,16H2,(H2,17,18,19,20). The van der Waals surface area contributed by atoms with Crippen molar-refractivity contribution in [2.75, 3.05) is 10.7 Å². The predicted octanol–water partition coefficient (Wildman–Crippen LogP) is 3.14. The van der Waals surface area contributed by atoms with Crippen LogP contribution in [0.2, 0.25) is 0 Å². The molecule has 0 amide bonds. The third-order valence-electron chi connectivity index (χ3n) is 2.72. The van der Waals surface area contributed by atoms with E-state index in [1.54, 1.807) is 11.4 Å². The second-order valence-electron chi connectivity index (χ2n) is 4.05. The van der Waals surface area contributed by atoms with E-state index < -0.39 is 17.5 Å². The quantitative estimate of drug-likeness (QED) is 0.393. The van der Waals surface area contributed by atoms with Gasteiger partial charge in [0.15, 0.2) is 11.6 Å². The molecule has 3 rings (SSSR count). The van der Waals surface area contributed by atoms with Crippen molar-refractivity contribution < 1.29 is 13.2 Å². The first-order valence-electron chi connectivity index (χ1n) is 5.72. The van der Waals surface area contributed by atoms with E-state index in [0.29, 0.717) is 16.3 Å². The SMILES string of the molecule is NNc1nc(Nc2cc(F)c(F)cc2F)c2ccsc2n1. The van der Waals surface area contributed by atoms with Crippen LogP contribution >= 0.6 is 11.3 Å². The summed E-state index contributed by atoms with van der Waals surface area (Å²) in [6.07, 6.45) is 0. The molecule has 21 heavy (non-hydrogen) atoms. The van der Waals surface area contributed by atoms with Crippen LogP contribution in [0.3, 0.4) is 0 Å². The van der Waals surface area contributed by atoms with E-state index in [2.05, 4.69) is 20.7 Å².